The van der Waals surface area contributed by atoms with Crippen LogP contribution in [-0.4, -0.2) is 63.5 Å². The lowest BCUT2D eigenvalue weighted by atomic mass is 10.1. The molecule has 7 nitrogen and oxygen atoms in total. The second-order valence-corrected chi connectivity index (χ2v) is 4.87. The first-order valence-corrected chi connectivity index (χ1v) is 5.96. The molecule has 3 unspecified atom stereocenters. The van der Waals surface area contributed by atoms with Gasteiger partial charge >= 0.3 is 6.03 Å². The number of hydrogen-bond acceptors (Lipinski definition) is 5. The van der Waals surface area contributed by atoms with E-state index in [-0.39, 0.29) is 6.54 Å². The summed E-state index contributed by atoms with van der Waals surface area (Å²) in [5.41, 5.74) is 0. The molecule has 2 N–H and O–H groups in total. The minimum atomic E-state index is -0.591. The molecule has 0 aromatic heterocycles. The molecule has 0 aromatic rings. The molecule has 3 amide bonds. The molecule has 2 heterocycles. The molecule has 8 heteroatoms. The number of aliphatic imine (C=N–C) groups is 1. The molecule has 2 aliphatic rings. The van der Waals surface area contributed by atoms with Crippen molar-refractivity contribution in [1.29, 1.82) is 0 Å². The molecule has 17 heavy (non-hydrogen) atoms. The summed E-state index contributed by atoms with van der Waals surface area (Å²) in [5, 5.41) is 11.7. The van der Waals surface area contributed by atoms with Crippen molar-refractivity contribution in [3.63, 3.8) is 0 Å². The second-order valence-electron chi connectivity index (χ2n) is 4.16. The number of nitrogens with zero attached hydrogens (tertiary/aromatic N) is 3. The normalized spacial score (nSPS) is 30.0. The van der Waals surface area contributed by atoms with Crippen molar-refractivity contribution in [3.05, 3.63) is 0 Å². The summed E-state index contributed by atoms with van der Waals surface area (Å²) in [4.78, 5) is 30.5. The molecular formula is C9H13BrN4O3. The Hall–Kier alpha value is -1.15. The zero-order valence-corrected chi connectivity index (χ0v) is 11.0. The largest absolute Gasteiger partial charge is 0.392 e. The summed E-state index contributed by atoms with van der Waals surface area (Å²) in [7, 11) is 1.58. The molecule has 0 radical (unpaired) electrons. The molecular weight excluding hydrogens is 292 g/mol. The minimum absolute atomic E-state index is 0.278. The number of likely N-dealkylation sites (N-methyl/N-ethyl adjacent to an activating group) is 1. The number of β-amino-alcohol motifs (C(OH)–C–C–N with tert-alkyl or cyclic N) is 1. The van der Waals surface area contributed by atoms with Gasteiger partial charge in [-0.2, -0.15) is 0 Å². The van der Waals surface area contributed by atoms with Crippen LogP contribution >= 0.6 is 15.9 Å². The van der Waals surface area contributed by atoms with Crippen molar-refractivity contribution in [2.45, 2.75) is 25.2 Å². The first-order valence-electron chi connectivity index (χ1n) is 5.17. The van der Waals surface area contributed by atoms with Gasteiger partial charge in [0, 0.05) is 13.6 Å². The number of urea groups is 1. The van der Waals surface area contributed by atoms with Gasteiger partial charge in [-0.15, -0.1) is 0 Å². The van der Waals surface area contributed by atoms with Gasteiger partial charge in [0.25, 0.3) is 5.91 Å². The summed E-state index contributed by atoms with van der Waals surface area (Å²) >= 11 is 3.25. The van der Waals surface area contributed by atoms with Crippen molar-refractivity contribution >= 4 is 32.6 Å². The van der Waals surface area contributed by atoms with E-state index in [4.69, 9.17) is 0 Å². The van der Waals surface area contributed by atoms with Crippen LogP contribution in [0.3, 0.4) is 0 Å². The third-order valence-corrected chi connectivity index (χ3v) is 3.43. The van der Waals surface area contributed by atoms with Crippen molar-refractivity contribution < 1.29 is 14.7 Å². The first kappa shape index (κ1) is 12.3. The Balaban J connectivity index is 2.26. The van der Waals surface area contributed by atoms with E-state index >= 15 is 0 Å². The molecule has 0 saturated carbocycles. The Morgan fingerprint density at radius 1 is 1.59 bits per heavy atom. The number of nitrogens with one attached hydrogen (secondary N) is 1. The van der Waals surface area contributed by atoms with Gasteiger partial charge in [0.2, 0.25) is 0 Å². The van der Waals surface area contributed by atoms with Gasteiger partial charge in [0.1, 0.15) is 0 Å². The average molecular weight is 305 g/mol. The summed E-state index contributed by atoms with van der Waals surface area (Å²) in [6.45, 7) is 1.91. The fourth-order valence-corrected chi connectivity index (χ4v) is 2.54. The number of imide groups is 1. The van der Waals surface area contributed by atoms with E-state index in [1.54, 1.807) is 18.9 Å². The number of aliphatic hydroxyl groups is 1. The Kier molecular flexibility index (Phi) is 3.09. The van der Waals surface area contributed by atoms with E-state index in [9.17, 15) is 14.7 Å². The number of rotatable bonds is 2. The number of aliphatic hydroxyl groups excluding tert-OH is 1. The fourth-order valence-electron chi connectivity index (χ4n) is 1.97. The minimum Gasteiger partial charge on any atom is -0.392 e. The number of hydrogen-bond donors (Lipinski definition) is 2. The maximum absolute atomic E-state index is 11.8. The fraction of sp³-hybridized carbons (Fsp3) is 0.667. The van der Waals surface area contributed by atoms with Crippen LogP contribution in [0, 0.1) is 0 Å². The zero-order chi connectivity index (χ0) is 12.7. The number of carbonyl (C=O) groups is 2. The maximum Gasteiger partial charge on any atom is 0.325 e. The molecule has 94 valence electrons. The van der Waals surface area contributed by atoms with Crippen molar-refractivity contribution in [2.24, 2.45) is 4.99 Å². The Bertz CT molecular complexity index is 398. The topological polar surface area (TPSA) is 85.2 Å². The third kappa shape index (κ3) is 2.02. The van der Waals surface area contributed by atoms with E-state index in [0.717, 1.165) is 0 Å². The molecule has 1 saturated heterocycles. The van der Waals surface area contributed by atoms with E-state index in [1.165, 1.54) is 4.90 Å². The van der Waals surface area contributed by atoms with Crippen LogP contribution in [0.5, 0.6) is 0 Å². The Morgan fingerprint density at radius 2 is 2.24 bits per heavy atom. The van der Waals surface area contributed by atoms with E-state index < -0.39 is 30.2 Å². The number of amidine groups is 1. The lowest BCUT2D eigenvalue weighted by Crippen LogP contribution is -2.64. The smallest absolute Gasteiger partial charge is 0.325 e. The van der Waals surface area contributed by atoms with Crippen molar-refractivity contribution in [1.82, 2.24) is 15.1 Å². The molecule has 0 aromatic carbocycles. The molecule has 0 spiro atoms. The molecule has 1 fully saturated rings. The van der Waals surface area contributed by atoms with Gasteiger partial charge in [-0.1, -0.05) is 0 Å². The lowest BCUT2D eigenvalue weighted by molar-refractivity contribution is -0.127. The summed E-state index contributed by atoms with van der Waals surface area (Å²) < 4.78 is 0.477. The van der Waals surface area contributed by atoms with Crippen molar-refractivity contribution in [2.75, 3.05) is 13.6 Å². The molecule has 2 rings (SSSR count). The highest BCUT2D eigenvalue weighted by Crippen LogP contribution is 2.26. The predicted molar refractivity (Wildman–Crippen MR) is 63.6 cm³/mol. The summed E-state index contributed by atoms with van der Waals surface area (Å²) in [5.74, 6) is -0.392. The lowest BCUT2D eigenvalue weighted by Gasteiger charge is -2.36. The van der Waals surface area contributed by atoms with Crippen LogP contribution in [0.4, 0.5) is 4.79 Å². The van der Waals surface area contributed by atoms with E-state index in [2.05, 4.69) is 26.2 Å². The van der Waals surface area contributed by atoms with Gasteiger partial charge in [0.15, 0.2) is 17.0 Å². The van der Waals surface area contributed by atoms with E-state index in [1.807, 2.05) is 0 Å². The van der Waals surface area contributed by atoms with Gasteiger partial charge in [0.05, 0.1) is 6.10 Å². The number of fused-ring (bicyclic) bond motifs is 1. The Morgan fingerprint density at radius 3 is 2.82 bits per heavy atom. The third-order valence-electron chi connectivity index (χ3n) is 2.77. The first-order chi connectivity index (χ1) is 7.91. The average Bonchev–Trinajstić information content (AvgIpc) is 2.53. The van der Waals surface area contributed by atoms with Gasteiger partial charge in [-0.05, 0) is 22.9 Å². The highest BCUT2D eigenvalue weighted by molar-refractivity contribution is 9.18. The zero-order valence-electron chi connectivity index (χ0n) is 9.42. The van der Waals surface area contributed by atoms with Gasteiger partial charge in [-0.3, -0.25) is 10.1 Å². The number of carbonyl (C=O) groups excluding carboxylic acids is 2. The predicted octanol–water partition coefficient (Wildman–Crippen LogP) is -0.690. The SMILES string of the molecule is CC(O)CN1C(Br)=NC2C1C(=O)NC(=O)N2C. The monoisotopic (exact) mass is 304 g/mol. The number of amides is 3. The highest BCUT2D eigenvalue weighted by Gasteiger charge is 2.48. The van der Waals surface area contributed by atoms with Crippen LogP contribution < -0.4 is 5.32 Å². The summed E-state index contributed by atoms with van der Waals surface area (Å²) in [6.07, 6.45) is -1.13. The van der Waals surface area contributed by atoms with Crippen LogP contribution in [0.2, 0.25) is 0 Å². The maximum atomic E-state index is 11.8. The van der Waals surface area contributed by atoms with Crippen LogP contribution in [0.25, 0.3) is 0 Å². The molecule has 0 bridgehead atoms. The second kappa shape index (κ2) is 4.26. The van der Waals surface area contributed by atoms with Gasteiger partial charge < -0.3 is 14.9 Å². The standard InChI is InChI=1S/C9H13BrN4O3/c1-4(15)3-14-5-6(11-8(14)10)13(2)9(17)12-7(5)16/h4-6,15H,3H2,1-2H3,(H,12,16,17). The van der Waals surface area contributed by atoms with Crippen LogP contribution in [0.1, 0.15) is 6.92 Å². The Labute approximate surface area is 107 Å². The highest BCUT2D eigenvalue weighted by atomic mass is 79.9. The van der Waals surface area contributed by atoms with Gasteiger partial charge in [-0.25, -0.2) is 9.79 Å². The van der Waals surface area contributed by atoms with E-state index in [0.29, 0.717) is 4.74 Å². The molecule has 0 aliphatic carbocycles. The number of halogens is 1. The van der Waals surface area contributed by atoms with Crippen LogP contribution in [0.15, 0.2) is 4.99 Å². The molecule has 3 atom stereocenters. The molecule has 2 aliphatic heterocycles. The van der Waals surface area contributed by atoms with Crippen LogP contribution in [-0.2, 0) is 4.79 Å². The van der Waals surface area contributed by atoms with Crippen molar-refractivity contribution in [3.8, 4) is 0 Å². The summed E-state index contributed by atoms with van der Waals surface area (Å²) in [6, 6.07) is -1.04. The quantitative estimate of drug-likeness (QED) is 0.661.